The Hall–Kier alpha value is -4.08. The zero-order valence-corrected chi connectivity index (χ0v) is 17.4. The number of nitrogens with zero attached hydrogens (tertiary/aromatic N) is 4. The SMILES string of the molecule is C=C(/C=C\N=C/C)/C(=C(/N)c1nc(-c2cccc(CO)c2)no1)N(N)c1ccccc1F. The number of halogens is 1. The molecule has 3 aromatic rings. The highest BCUT2D eigenvalue weighted by Gasteiger charge is 2.22. The van der Waals surface area contributed by atoms with Crippen LogP contribution in [0.1, 0.15) is 18.4 Å². The summed E-state index contributed by atoms with van der Waals surface area (Å²) in [7, 11) is 0. The smallest absolute Gasteiger partial charge is 0.276 e. The number of para-hydroxylation sites is 1. The van der Waals surface area contributed by atoms with E-state index in [2.05, 4.69) is 21.7 Å². The number of aliphatic hydroxyl groups is 1. The molecule has 0 saturated heterocycles. The lowest BCUT2D eigenvalue weighted by atomic mass is 10.1. The van der Waals surface area contributed by atoms with Crippen LogP contribution >= 0.6 is 0 Å². The Morgan fingerprint density at radius 2 is 2.06 bits per heavy atom. The van der Waals surface area contributed by atoms with Crippen molar-refractivity contribution in [3.8, 4) is 11.4 Å². The number of aliphatic hydroxyl groups excluding tert-OH is 1. The fourth-order valence-corrected chi connectivity index (χ4v) is 2.88. The summed E-state index contributed by atoms with van der Waals surface area (Å²) in [5.74, 6) is 5.94. The van der Waals surface area contributed by atoms with Crippen LogP contribution in [0.3, 0.4) is 0 Å². The molecule has 32 heavy (non-hydrogen) atoms. The highest BCUT2D eigenvalue weighted by molar-refractivity contribution is 5.73. The molecule has 5 N–H and O–H groups in total. The molecular formula is C23H23FN6O2. The summed E-state index contributed by atoms with van der Waals surface area (Å²) in [5.41, 5.74) is 8.27. The first-order valence-electron chi connectivity index (χ1n) is 9.63. The number of anilines is 1. The molecule has 0 radical (unpaired) electrons. The van der Waals surface area contributed by atoms with Gasteiger partial charge in [0.15, 0.2) is 0 Å². The Labute approximate surface area is 184 Å². The highest BCUT2D eigenvalue weighted by atomic mass is 19.1. The molecule has 2 aromatic carbocycles. The van der Waals surface area contributed by atoms with E-state index in [0.29, 0.717) is 16.7 Å². The third-order valence-corrected chi connectivity index (χ3v) is 4.45. The Bertz CT molecular complexity index is 1200. The van der Waals surface area contributed by atoms with E-state index >= 15 is 0 Å². The number of allylic oxidation sites excluding steroid dienone is 1. The van der Waals surface area contributed by atoms with Gasteiger partial charge < -0.3 is 15.4 Å². The topological polar surface area (TPSA) is 127 Å². The molecule has 0 amide bonds. The van der Waals surface area contributed by atoms with Gasteiger partial charge >= 0.3 is 0 Å². The zero-order chi connectivity index (χ0) is 23.1. The minimum absolute atomic E-state index is 0.00273. The number of rotatable bonds is 8. The molecule has 0 aliphatic rings. The second-order valence-corrected chi connectivity index (χ2v) is 6.61. The fourth-order valence-electron chi connectivity index (χ4n) is 2.88. The molecule has 0 fully saturated rings. The first-order valence-corrected chi connectivity index (χ1v) is 9.63. The molecular weight excluding hydrogens is 411 g/mol. The first kappa shape index (κ1) is 22.6. The average Bonchev–Trinajstić information content (AvgIpc) is 3.30. The molecule has 0 aliphatic carbocycles. The second kappa shape index (κ2) is 10.3. The Morgan fingerprint density at radius 3 is 2.78 bits per heavy atom. The summed E-state index contributed by atoms with van der Waals surface area (Å²) in [6.07, 6.45) is 4.67. The van der Waals surface area contributed by atoms with Crippen molar-refractivity contribution in [1.82, 2.24) is 10.1 Å². The summed E-state index contributed by atoms with van der Waals surface area (Å²) in [6, 6.07) is 13.0. The third kappa shape index (κ3) is 4.97. The van der Waals surface area contributed by atoms with Gasteiger partial charge in [0.2, 0.25) is 5.82 Å². The lowest BCUT2D eigenvalue weighted by Gasteiger charge is -2.24. The minimum Gasteiger partial charge on any atom is -0.392 e. The van der Waals surface area contributed by atoms with Crippen LogP contribution in [0, 0.1) is 5.82 Å². The van der Waals surface area contributed by atoms with Crippen LogP contribution in [0.15, 0.2) is 88.2 Å². The molecule has 0 aliphatic heterocycles. The molecule has 1 aromatic heterocycles. The molecule has 0 atom stereocenters. The Kier molecular flexibility index (Phi) is 7.27. The Morgan fingerprint density at radius 1 is 1.28 bits per heavy atom. The van der Waals surface area contributed by atoms with Crippen LogP contribution in [0.4, 0.5) is 10.1 Å². The van der Waals surface area contributed by atoms with Gasteiger partial charge in [-0.05, 0) is 42.3 Å². The first-order chi connectivity index (χ1) is 15.5. The normalized spacial score (nSPS) is 12.4. The van der Waals surface area contributed by atoms with Crippen LogP contribution in [0.2, 0.25) is 0 Å². The van der Waals surface area contributed by atoms with Crippen molar-refractivity contribution >= 4 is 17.6 Å². The van der Waals surface area contributed by atoms with Gasteiger partial charge in [-0.25, -0.2) is 10.2 Å². The van der Waals surface area contributed by atoms with Gasteiger partial charge in [0.05, 0.1) is 18.0 Å². The van der Waals surface area contributed by atoms with E-state index in [1.807, 2.05) is 0 Å². The van der Waals surface area contributed by atoms with Gasteiger partial charge in [-0.2, -0.15) is 4.98 Å². The monoisotopic (exact) mass is 434 g/mol. The molecule has 8 nitrogen and oxygen atoms in total. The predicted octanol–water partition coefficient (Wildman–Crippen LogP) is 3.54. The lowest BCUT2D eigenvalue weighted by molar-refractivity contribution is 0.282. The van der Waals surface area contributed by atoms with Gasteiger partial charge in [0.1, 0.15) is 11.5 Å². The molecule has 0 bridgehead atoms. The van der Waals surface area contributed by atoms with Crippen LogP contribution in [0.5, 0.6) is 0 Å². The summed E-state index contributed by atoms with van der Waals surface area (Å²) in [6.45, 7) is 5.62. The van der Waals surface area contributed by atoms with E-state index in [1.54, 1.807) is 55.6 Å². The molecule has 3 rings (SSSR count). The van der Waals surface area contributed by atoms with E-state index in [9.17, 15) is 9.50 Å². The van der Waals surface area contributed by atoms with Crippen LogP contribution in [-0.4, -0.2) is 21.5 Å². The van der Waals surface area contributed by atoms with Crippen LogP contribution < -0.4 is 16.6 Å². The largest absolute Gasteiger partial charge is 0.392 e. The van der Waals surface area contributed by atoms with E-state index in [1.165, 1.54) is 18.3 Å². The Balaban J connectivity index is 2.08. The fraction of sp³-hybridized carbons (Fsp3) is 0.0870. The van der Waals surface area contributed by atoms with Crippen molar-refractivity contribution in [1.29, 1.82) is 0 Å². The van der Waals surface area contributed by atoms with Gasteiger partial charge in [0, 0.05) is 18.0 Å². The number of aliphatic imine (C=N–C) groups is 1. The van der Waals surface area contributed by atoms with Crippen molar-refractivity contribution in [2.45, 2.75) is 13.5 Å². The molecule has 0 spiro atoms. The second-order valence-electron chi connectivity index (χ2n) is 6.61. The highest BCUT2D eigenvalue weighted by Crippen LogP contribution is 2.28. The van der Waals surface area contributed by atoms with Gasteiger partial charge in [-0.15, -0.1) is 0 Å². The van der Waals surface area contributed by atoms with Crippen molar-refractivity contribution in [2.24, 2.45) is 16.6 Å². The lowest BCUT2D eigenvalue weighted by Crippen LogP contribution is -2.33. The molecule has 164 valence electrons. The van der Waals surface area contributed by atoms with Crippen molar-refractivity contribution in [3.05, 3.63) is 95.9 Å². The number of hydrogen-bond acceptors (Lipinski definition) is 8. The van der Waals surface area contributed by atoms with E-state index in [0.717, 1.165) is 5.01 Å². The van der Waals surface area contributed by atoms with E-state index < -0.39 is 5.82 Å². The number of hydrazine groups is 1. The molecule has 0 unspecified atom stereocenters. The van der Waals surface area contributed by atoms with E-state index in [-0.39, 0.29) is 35.4 Å². The zero-order valence-electron chi connectivity index (χ0n) is 17.4. The van der Waals surface area contributed by atoms with Gasteiger partial charge in [0.25, 0.3) is 5.89 Å². The minimum atomic E-state index is -0.546. The number of nitrogens with two attached hydrogens (primary N) is 2. The average molecular weight is 434 g/mol. The maximum Gasteiger partial charge on any atom is 0.276 e. The van der Waals surface area contributed by atoms with Crippen molar-refractivity contribution in [3.63, 3.8) is 0 Å². The quantitative estimate of drug-likeness (QED) is 0.214. The van der Waals surface area contributed by atoms with Crippen molar-refractivity contribution in [2.75, 3.05) is 5.01 Å². The maximum atomic E-state index is 14.4. The van der Waals surface area contributed by atoms with Gasteiger partial charge in [-0.3, -0.25) is 10.0 Å². The summed E-state index contributed by atoms with van der Waals surface area (Å²) in [4.78, 5) is 8.34. The third-order valence-electron chi connectivity index (χ3n) is 4.45. The van der Waals surface area contributed by atoms with Crippen molar-refractivity contribution < 1.29 is 14.0 Å². The van der Waals surface area contributed by atoms with E-state index in [4.69, 9.17) is 16.1 Å². The van der Waals surface area contributed by atoms with Crippen LogP contribution in [0.25, 0.3) is 17.1 Å². The number of hydrogen-bond donors (Lipinski definition) is 3. The van der Waals surface area contributed by atoms with Gasteiger partial charge in [-0.1, -0.05) is 42.1 Å². The summed E-state index contributed by atoms with van der Waals surface area (Å²) < 4.78 is 19.8. The predicted molar refractivity (Wildman–Crippen MR) is 122 cm³/mol. The number of benzene rings is 2. The summed E-state index contributed by atoms with van der Waals surface area (Å²) >= 11 is 0. The molecule has 9 heteroatoms. The molecule has 1 heterocycles. The molecule has 0 saturated carbocycles. The summed E-state index contributed by atoms with van der Waals surface area (Å²) in [5, 5.41) is 14.4. The van der Waals surface area contributed by atoms with Crippen LogP contribution in [-0.2, 0) is 6.61 Å². The standard InChI is InChI=1S/C23H23FN6O2/c1-3-27-12-11-15(2)21(30(26)19-10-5-4-9-18(19)24)20(25)23-28-22(29-32-23)17-8-6-7-16(13-17)14-31/h3-13,31H,2,14,25-26H2,1H3/b12-11-,21-20-,27-3-. The number of aromatic nitrogens is 2. The maximum absolute atomic E-state index is 14.4.